The summed E-state index contributed by atoms with van der Waals surface area (Å²) in [6.07, 6.45) is 0.261. The number of carbonyl (C=O) groups is 2. The molecule has 0 N–H and O–H groups in total. The van der Waals surface area contributed by atoms with Gasteiger partial charge in [0.25, 0.3) is 0 Å². The summed E-state index contributed by atoms with van der Waals surface area (Å²) in [5, 5.41) is 2.46. The molecule has 1 aromatic heterocycles. The second kappa shape index (κ2) is 11.7. The Kier molecular flexibility index (Phi) is 7.78. The third kappa shape index (κ3) is 5.66. The summed E-state index contributed by atoms with van der Waals surface area (Å²) in [4.78, 5) is 23.4. The van der Waals surface area contributed by atoms with Crippen LogP contribution in [-0.2, 0) is 19.1 Å². The van der Waals surface area contributed by atoms with E-state index in [1.807, 2.05) is 24.3 Å². The second-order valence-corrected chi connectivity index (χ2v) is 9.39. The highest BCUT2D eigenvalue weighted by atomic mass is 16.6. The molecule has 1 atom stereocenters. The first kappa shape index (κ1) is 26.5. The summed E-state index contributed by atoms with van der Waals surface area (Å²) in [6, 6.07) is 33.0. The van der Waals surface area contributed by atoms with Crippen LogP contribution in [0.3, 0.4) is 0 Å². The van der Waals surface area contributed by atoms with Gasteiger partial charge < -0.3 is 18.8 Å². The molecule has 0 saturated carbocycles. The third-order valence-electron chi connectivity index (χ3n) is 6.53. The molecule has 40 heavy (non-hydrogen) atoms. The fourth-order valence-corrected chi connectivity index (χ4v) is 4.56. The first-order valence-corrected chi connectivity index (χ1v) is 12.9. The van der Waals surface area contributed by atoms with Gasteiger partial charge in [-0.1, -0.05) is 73.8 Å². The van der Waals surface area contributed by atoms with Crippen LogP contribution in [0.5, 0.6) is 5.75 Å². The van der Waals surface area contributed by atoms with Crippen molar-refractivity contribution < 1.29 is 23.8 Å². The second-order valence-electron chi connectivity index (χ2n) is 9.39. The van der Waals surface area contributed by atoms with Gasteiger partial charge in [-0.25, -0.2) is 9.59 Å². The van der Waals surface area contributed by atoms with Crippen LogP contribution in [0.4, 0.5) is 0 Å². The molecule has 0 saturated heterocycles. The molecule has 1 heterocycles. The van der Waals surface area contributed by atoms with Gasteiger partial charge in [-0.3, -0.25) is 0 Å². The largest absolute Gasteiger partial charge is 0.490 e. The number of rotatable bonds is 10. The van der Waals surface area contributed by atoms with Crippen molar-refractivity contribution in [2.24, 2.45) is 0 Å². The average Bonchev–Trinajstić information content (AvgIpc) is 3.33. The molecule has 0 aliphatic rings. The predicted octanol–water partition coefficient (Wildman–Crippen LogP) is 7.05. The monoisotopic (exact) mass is 531 g/mol. The van der Waals surface area contributed by atoms with Crippen molar-refractivity contribution in [3.63, 3.8) is 0 Å². The lowest BCUT2D eigenvalue weighted by molar-refractivity contribution is -0.154. The minimum absolute atomic E-state index is 0.00980. The van der Waals surface area contributed by atoms with E-state index in [2.05, 4.69) is 90.5 Å². The molecular formula is C34H29NO5. The van der Waals surface area contributed by atoms with Crippen LogP contribution in [0.15, 0.2) is 122 Å². The van der Waals surface area contributed by atoms with E-state index in [1.165, 1.54) is 21.8 Å². The van der Waals surface area contributed by atoms with Crippen molar-refractivity contribution in [3.8, 4) is 22.6 Å². The molecule has 6 nitrogen and oxygen atoms in total. The molecule has 6 heteroatoms. The Morgan fingerprint density at radius 2 is 1.35 bits per heavy atom. The normalized spacial score (nSPS) is 11.6. The summed E-state index contributed by atoms with van der Waals surface area (Å²) >= 11 is 0. The van der Waals surface area contributed by atoms with E-state index in [9.17, 15) is 9.59 Å². The number of nitrogens with zero attached hydrogens (tertiary/aromatic N) is 1. The van der Waals surface area contributed by atoms with Gasteiger partial charge in [0, 0.05) is 28.1 Å². The molecule has 0 amide bonds. The number of hydrogen-bond acceptors (Lipinski definition) is 5. The van der Waals surface area contributed by atoms with Crippen LogP contribution < -0.4 is 4.74 Å². The lowest BCUT2D eigenvalue weighted by atomic mass is 10.1. The van der Waals surface area contributed by atoms with Gasteiger partial charge in [0.1, 0.15) is 19.0 Å². The van der Waals surface area contributed by atoms with Crippen LogP contribution in [0, 0.1) is 0 Å². The summed E-state index contributed by atoms with van der Waals surface area (Å²) in [6.45, 7) is 8.35. The Morgan fingerprint density at radius 1 is 0.800 bits per heavy atom. The van der Waals surface area contributed by atoms with Crippen molar-refractivity contribution in [2.75, 3.05) is 13.2 Å². The molecule has 0 radical (unpaired) electrons. The minimum atomic E-state index is -0.790. The van der Waals surface area contributed by atoms with E-state index < -0.39 is 18.0 Å². The molecule has 200 valence electrons. The summed E-state index contributed by atoms with van der Waals surface area (Å²) < 4.78 is 18.5. The van der Waals surface area contributed by atoms with Gasteiger partial charge in [-0.05, 0) is 54.4 Å². The zero-order valence-corrected chi connectivity index (χ0v) is 22.2. The van der Waals surface area contributed by atoms with Crippen LogP contribution in [-0.4, -0.2) is 35.8 Å². The van der Waals surface area contributed by atoms with E-state index in [4.69, 9.17) is 14.2 Å². The number of para-hydroxylation sites is 2. The molecule has 1 unspecified atom stereocenters. The first-order chi connectivity index (χ1) is 19.4. The number of aromatic nitrogens is 1. The maximum Gasteiger partial charge on any atom is 0.333 e. The smallest absolute Gasteiger partial charge is 0.333 e. The highest BCUT2D eigenvalue weighted by Gasteiger charge is 2.17. The van der Waals surface area contributed by atoms with Gasteiger partial charge in [-0.15, -0.1) is 0 Å². The zero-order chi connectivity index (χ0) is 28.1. The molecule has 5 aromatic rings. The van der Waals surface area contributed by atoms with E-state index >= 15 is 0 Å². The van der Waals surface area contributed by atoms with Gasteiger partial charge in [0.05, 0.1) is 11.0 Å². The van der Waals surface area contributed by atoms with E-state index in [-0.39, 0.29) is 18.8 Å². The maximum atomic E-state index is 11.7. The number of benzene rings is 4. The summed E-state index contributed by atoms with van der Waals surface area (Å²) in [5.74, 6) is -0.593. The number of carbonyl (C=O) groups excluding carboxylic acids is 2. The molecule has 4 aromatic carbocycles. The number of esters is 2. The van der Waals surface area contributed by atoms with Gasteiger partial charge >= 0.3 is 11.9 Å². The van der Waals surface area contributed by atoms with Crippen molar-refractivity contribution in [1.82, 2.24) is 4.57 Å². The Labute approximate surface area is 232 Å². The molecule has 0 spiro atoms. The number of hydrogen-bond donors (Lipinski definition) is 0. The Hall–Kier alpha value is -5.10. The fraction of sp³-hybridized carbons (Fsp3) is 0.118. The van der Waals surface area contributed by atoms with Crippen molar-refractivity contribution in [2.45, 2.75) is 13.0 Å². The molecular weight excluding hydrogens is 502 g/mol. The zero-order valence-electron chi connectivity index (χ0n) is 22.2. The van der Waals surface area contributed by atoms with Gasteiger partial charge in [0.15, 0.2) is 6.10 Å². The highest BCUT2D eigenvalue weighted by Crippen LogP contribution is 2.32. The van der Waals surface area contributed by atoms with E-state index in [0.29, 0.717) is 5.75 Å². The fourth-order valence-electron chi connectivity index (χ4n) is 4.56. The van der Waals surface area contributed by atoms with Crippen LogP contribution in [0.25, 0.3) is 38.6 Å². The quantitative estimate of drug-likeness (QED) is 0.143. The number of fused-ring (bicyclic) bond motifs is 3. The van der Waals surface area contributed by atoms with Gasteiger partial charge in [0.2, 0.25) is 0 Å². The van der Waals surface area contributed by atoms with Crippen LogP contribution in [0.1, 0.15) is 6.92 Å². The molecule has 0 aliphatic heterocycles. The molecule has 0 aliphatic carbocycles. The SMILES string of the molecule is C=CC(=O)OC(COC(=O)C(=C)C)COc1ccc(-c2ccc(-n3c4ccccc4c4ccccc43)cc2)cc1. The molecule has 5 rings (SSSR count). The maximum absolute atomic E-state index is 11.7. The Bertz CT molecular complexity index is 1640. The van der Waals surface area contributed by atoms with Gasteiger partial charge in [-0.2, -0.15) is 0 Å². The molecule has 0 fully saturated rings. The Balaban J connectivity index is 1.29. The first-order valence-electron chi connectivity index (χ1n) is 12.9. The van der Waals surface area contributed by atoms with E-state index in [1.54, 1.807) is 6.92 Å². The average molecular weight is 532 g/mol. The minimum Gasteiger partial charge on any atom is -0.490 e. The number of ether oxygens (including phenoxy) is 3. The third-order valence-corrected chi connectivity index (χ3v) is 6.53. The summed E-state index contributed by atoms with van der Waals surface area (Å²) in [5.41, 5.74) is 5.79. The van der Waals surface area contributed by atoms with Crippen molar-refractivity contribution >= 4 is 33.7 Å². The van der Waals surface area contributed by atoms with Crippen molar-refractivity contribution in [1.29, 1.82) is 0 Å². The molecule has 0 bridgehead atoms. The topological polar surface area (TPSA) is 66.8 Å². The highest BCUT2D eigenvalue weighted by molar-refractivity contribution is 6.09. The lowest BCUT2D eigenvalue weighted by Crippen LogP contribution is -2.30. The summed E-state index contributed by atoms with van der Waals surface area (Å²) in [7, 11) is 0. The van der Waals surface area contributed by atoms with Crippen molar-refractivity contribution in [3.05, 3.63) is 122 Å². The standard InChI is InChI=1S/C34H29NO5/c1-4-33(36)40-28(22-39-34(37)23(2)3)21-38-27-19-15-25(16-20-27)24-13-17-26(18-14-24)35-31-11-7-5-9-29(31)30-10-6-8-12-32(30)35/h4-20,28H,1-2,21-22H2,3H3. The van der Waals surface area contributed by atoms with Crippen LogP contribution in [0.2, 0.25) is 0 Å². The predicted molar refractivity (Wildman–Crippen MR) is 158 cm³/mol. The van der Waals surface area contributed by atoms with Crippen LogP contribution >= 0.6 is 0 Å². The van der Waals surface area contributed by atoms with E-state index in [0.717, 1.165) is 22.9 Å². The lowest BCUT2D eigenvalue weighted by Gasteiger charge is -2.18. The Morgan fingerprint density at radius 3 is 1.90 bits per heavy atom.